The van der Waals surface area contributed by atoms with Gasteiger partial charge in [-0.15, -0.1) is 0 Å². The van der Waals surface area contributed by atoms with Crippen LogP contribution in [0.2, 0.25) is 5.02 Å². The summed E-state index contributed by atoms with van der Waals surface area (Å²) in [7, 11) is 1.80. The lowest BCUT2D eigenvalue weighted by molar-refractivity contribution is -0.00833. The van der Waals surface area contributed by atoms with Crippen molar-refractivity contribution < 1.29 is 4.74 Å². The van der Waals surface area contributed by atoms with Crippen LogP contribution in [0.4, 0.5) is 0 Å². The quantitative estimate of drug-likeness (QED) is 0.608. The van der Waals surface area contributed by atoms with Crippen LogP contribution in [-0.4, -0.2) is 62.8 Å². The predicted octanol–water partition coefficient (Wildman–Crippen LogP) is 2.16. The molecule has 1 aliphatic rings. The number of hydrogen-bond donors (Lipinski definition) is 2. The topological polar surface area (TPSA) is 48.9 Å². The Labute approximate surface area is 150 Å². The first-order chi connectivity index (χ1) is 11.5. The Morgan fingerprint density at radius 3 is 2.50 bits per heavy atom. The predicted molar refractivity (Wildman–Crippen MR) is 101 cm³/mol. The minimum Gasteiger partial charge on any atom is -0.379 e. The van der Waals surface area contributed by atoms with Crippen LogP contribution in [0.15, 0.2) is 29.3 Å². The largest absolute Gasteiger partial charge is 0.379 e. The number of aliphatic imine (C=N–C) groups is 1. The van der Waals surface area contributed by atoms with E-state index in [1.807, 2.05) is 12.1 Å². The van der Waals surface area contributed by atoms with Gasteiger partial charge >= 0.3 is 0 Å². The maximum Gasteiger partial charge on any atom is 0.191 e. The summed E-state index contributed by atoms with van der Waals surface area (Å²) in [6.45, 7) is 9.79. The third-order valence-corrected chi connectivity index (χ3v) is 4.65. The number of morpholine rings is 1. The number of hydrogen-bond acceptors (Lipinski definition) is 3. The third kappa shape index (κ3) is 5.96. The highest BCUT2D eigenvalue weighted by Crippen LogP contribution is 2.15. The molecule has 1 aromatic rings. The summed E-state index contributed by atoms with van der Waals surface area (Å²) in [5.41, 5.74) is 1.33. The smallest absolute Gasteiger partial charge is 0.191 e. The second-order valence-electron chi connectivity index (χ2n) is 6.64. The first kappa shape index (κ1) is 19.0. The number of ether oxygens (including phenoxy) is 1. The van der Waals surface area contributed by atoms with Gasteiger partial charge in [0.25, 0.3) is 0 Å². The first-order valence-electron chi connectivity index (χ1n) is 8.53. The highest BCUT2D eigenvalue weighted by atomic mass is 35.5. The minimum atomic E-state index is 0.0670. The second-order valence-corrected chi connectivity index (χ2v) is 7.08. The van der Waals surface area contributed by atoms with Gasteiger partial charge in [0.05, 0.1) is 13.2 Å². The van der Waals surface area contributed by atoms with Crippen molar-refractivity contribution in [2.45, 2.75) is 25.8 Å². The van der Waals surface area contributed by atoms with E-state index >= 15 is 0 Å². The highest BCUT2D eigenvalue weighted by Gasteiger charge is 2.28. The molecule has 1 heterocycles. The number of guanidine groups is 1. The molecular weight excluding hydrogens is 324 g/mol. The van der Waals surface area contributed by atoms with E-state index in [1.165, 1.54) is 5.56 Å². The van der Waals surface area contributed by atoms with Gasteiger partial charge in [0.1, 0.15) is 0 Å². The lowest BCUT2D eigenvalue weighted by atomic mass is 10.0. The molecule has 0 unspecified atom stereocenters. The molecule has 0 saturated carbocycles. The Hall–Kier alpha value is -1.30. The Kier molecular flexibility index (Phi) is 7.34. The summed E-state index contributed by atoms with van der Waals surface area (Å²) in [6, 6.07) is 7.97. The fourth-order valence-electron chi connectivity index (χ4n) is 2.78. The van der Waals surface area contributed by atoms with E-state index in [9.17, 15) is 0 Å². The van der Waals surface area contributed by atoms with Crippen LogP contribution in [-0.2, 0) is 11.2 Å². The molecule has 0 spiro atoms. The average molecular weight is 353 g/mol. The van der Waals surface area contributed by atoms with Gasteiger partial charge in [-0.2, -0.15) is 0 Å². The van der Waals surface area contributed by atoms with Crippen LogP contribution in [0.25, 0.3) is 0 Å². The molecule has 24 heavy (non-hydrogen) atoms. The van der Waals surface area contributed by atoms with Gasteiger partial charge in [-0.1, -0.05) is 23.7 Å². The molecule has 0 aromatic heterocycles. The van der Waals surface area contributed by atoms with Gasteiger partial charge in [-0.05, 0) is 38.0 Å². The zero-order valence-corrected chi connectivity index (χ0v) is 15.7. The van der Waals surface area contributed by atoms with Gasteiger partial charge in [-0.25, -0.2) is 0 Å². The SMILES string of the molecule is CN=C(NCCc1ccc(Cl)cc1)NCC(C)(C)N1CCOCC1. The normalized spacial score (nSPS) is 16.9. The minimum absolute atomic E-state index is 0.0670. The number of halogens is 1. The third-order valence-electron chi connectivity index (χ3n) is 4.40. The molecule has 5 nitrogen and oxygen atoms in total. The Bertz CT molecular complexity index is 524. The van der Waals surface area contributed by atoms with Crippen molar-refractivity contribution in [3.8, 4) is 0 Å². The van der Waals surface area contributed by atoms with Gasteiger partial charge in [0, 0.05) is 43.8 Å². The van der Waals surface area contributed by atoms with Crippen molar-refractivity contribution in [1.82, 2.24) is 15.5 Å². The molecule has 2 rings (SSSR count). The average Bonchev–Trinajstić information content (AvgIpc) is 2.60. The van der Waals surface area contributed by atoms with Crippen LogP contribution < -0.4 is 10.6 Å². The molecule has 0 amide bonds. The molecule has 0 atom stereocenters. The van der Waals surface area contributed by atoms with Gasteiger partial charge < -0.3 is 15.4 Å². The zero-order valence-electron chi connectivity index (χ0n) is 14.9. The van der Waals surface area contributed by atoms with Crippen LogP contribution >= 0.6 is 11.6 Å². The molecule has 1 aromatic carbocycles. The maximum atomic E-state index is 5.91. The fourth-order valence-corrected chi connectivity index (χ4v) is 2.90. The molecule has 0 aliphatic carbocycles. The van der Waals surface area contributed by atoms with E-state index in [4.69, 9.17) is 16.3 Å². The molecule has 1 aliphatic heterocycles. The van der Waals surface area contributed by atoms with E-state index in [-0.39, 0.29) is 5.54 Å². The van der Waals surface area contributed by atoms with Crippen LogP contribution in [0.3, 0.4) is 0 Å². The van der Waals surface area contributed by atoms with Crippen molar-refractivity contribution in [3.63, 3.8) is 0 Å². The highest BCUT2D eigenvalue weighted by molar-refractivity contribution is 6.30. The molecule has 0 radical (unpaired) electrons. The van der Waals surface area contributed by atoms with E-state index in [0.717, 1.165) is 56.8 Å². The molecular formula is C18H29ClN4O. The summed E-state index contributed by atoms with van der Waals surface area (Å²) in [4.78, 5) is 6.77. The number of benzene rings is 1. The number of nitrogens with one attached hydrogen (secondary N) is 2. The zero-order chi connectivity index (χ0) is 17.4. The van der Waals surface area contributed by atoms with E-state index in [1.54, 1.807) is 7.05 Å². The van der Waals surface area contributed by atoms with Crippen LogP contribution in [0.1, 0.15) is 19.4 Å². The lowest BCUT2D eigenvalue weighted by Crippen LogP contribution is -2.56. The van der Waals surface area contributed by atoms with Crippen LogP contribution in [0, 0.1) is 0 Å². The Morgan fingerprint density at radius 1 is 1.21 bits per heavy atom. The number of nitrogens with zero attached hydrogens (tertiary/aromatic N) is 2. The lowest BCUT2D eigenvalue weighted by Gasteiger charge is -2.41. The summed E-state index contributed by atoms with van der Waals surface area (Å²) < 4.78 is 5.44. The molecule has 1 fully saturated rings. The monoisotopic (exact) mass is 352 g/mol. The van der Waals surface area contributed by atoms with Crippen molar-refractivity contribution in [1.29, 1.82) is 0 Å². The summed E-state index contributed by atoms with van der Waals surface area (Å²) >= 11 is 5.91. The van der Waals surface area contributed by atoms with Crippen LogP contribution in [0.5, 0.6) is 0 Å². The number of rotatable bonds is 6. The van der Waals surface area contributed by atoms with Crippen molar-refractivity contribution in [2.24, 2.45) is 4.99 Å². The molecule has 1 saturated heterocycles. The van der Waals surface area contributed by atoms with Gasteiger partial charge in [0.15, 0.2) is 5.96 Å². The molecule has 2 N–H and O–H groups in total. The summed E-state index contributed by atoms with van der Waals surface area (Å²) in [5.74, 6) is 0.838. The van der Waals surface area contributed by atoms with Crippen molar-refractivity contribution in [3.05, 3.63) is 34.9 Å². The first-order valence-corrected chi connectivity index (χ1v) is 8.91. The van der Waals surface area contributed by atoms with Gasteiger partial charge in [-0.3, -0.25) is 9.89 Å². The van der Waals surface area contributed by atoms with Gasteiger partial charge in [0.2, 0.25) is 0 Å². The standard InChI is InChI=1S/C18H29ClN4O/c1-18(2,23-10-12-24-13-11-23)14-22-17(20-3)21-9-8-15-4-6-16(19)7-5-15/h4-7H,8-14H2,1-3H3,(H2,20,21,22). The Morgan fingerprint density at radius 2 is 1.88 bits per heavy atom. The Balaban J connectivity index is 1.74. The molecule has 134 valence electrons. The van der Waals surface area contributed by atoms with E-state index in [2.05, 4.69) is 46.5 Å². The van der Waals surface area contributed by atoms with E-state index in [0.29, 0.717) is 0 Å². The van der Waals surface area contributed by atoms with Crippen molar-refractivity contribution >= 4 is 17.6 Å². The van der Waals surface area contributed by atoms with Crippen molar-refractivity contribution in [2.75, 3.05) is 46.4 Å². The second kappa shape index (κ2) is 9.25. The summed E-state index contributed by atoms with van der Waals surface area (Å²) in [6.07, 6.45) is 0.935. The fraction of sp³-hybridized carbons (Fsp3) is 0.611. The molecule has 0 bridgehead atoms. The summed E-state index contributed by atoms with van der Waals surface area (Å²) in [5, 5.41) is 7.58. The molecule has 6 heteroatoms. The van der Waals surface area contributed by atoms with E-state index < -0.39 is 0 Å². The maximum absolute atomic E-state index is 5.91.